The van der Waals surface area contributed by atoms with Crippen LogP contribution in [0.2, 0.25) is 0 Å². The van der Waals surface area contributed by atoms with Gasteiger partial charge in [0.15, 0.2) is 0 Å². The number of nitrogen functional groups attached to an aromatic ring is 1. The average Bonchev–Trinajstić information content (AvgIpc) is 3.12. The molecule has 6 nitrogen and oxygen atoms in total. The molecular formula is C12H14N6S. The lowest BCUT2D eigenvalue weighted by Gasteiger charge is -2.07. The smallest absolute Gasteiger partial charge is 0.214 e. The number of nitrogens with one attached hydrogen (secondary N) is 1. The summed E-state index contributed by atoms with van der Waals surface area (Å²) in [5.74, 6) is 0.0856. The molecule has 1 heterocycles. The second kappa shape index (κ2) is 4.65. The van der Waals surface area contributed by atoms with E-state index in [1.54, 1.807) is 11.8 Å². The number of nitrogens with zero attached hydrogens (tertiary/aromatic N) is 4. The molecule has 1 aromatic heterocycles. The first-order valence-corrected chi connectivity index (χ1v) is 6.87. The Labute approximate surface area is 114 Å². The van der Waals surface area contributed by atoms with Crippen LogP contribution in [-0.2, 0) is 0 Å². The van der Waals surface area contributed by atoms with Gasteiger partial charge in [0.1, 0.15) is 5.84 Å². The van der Waals surface area contributed by atoms with E-state index in [1.807, 2.05) is 29.8 Å². The molecule has 0 spiro atoms. The van der Waals surface area contributed by atoms with Crippen LogP contribution >= 0.6 is 11.8 Å². The summed E-state index contributed by atoms with van der Waals surface area (Å²) in [6, 6.07) is 6.19. The van der Waals surface area contributed by atoms with Crippen molar-refractivity contribution in [1.82, 2.24) is 20.2 Å². The number of nitrogens with two attached hydrogens (primary N) is 1. The van der Waals surface area contributed by atoms with Crippen molar-refractivity contribution in [3.63, 3.8) is 0 Å². The van der Waals surface area contributed by atoms with E-state index >= 15 is 0 Å². The van der Waals surface area contributed by atoms with Gasteiger partial charge in [-0.05, 0) is 59.7 Å². The van der Waals surface area contributed by atoms with E-state index in [1.165, 1.54) is 0 Å². The van der Waals surface area contributed by atoms with Gasteiger partial charge in [0.05, 0.1) is 6.04 Å². The molecule has 0 aliphatic heterocycles. The molecule has 1 aromatic carbocycles. The number of rotatable bonds is 4. The molecule has 0 atom stereocenters. The molecule has 0 saturated heterocycles. The highest BCUT2D eigenvalue weighted by Gasteiger charge is 2.28. The molecule has 3 N–H and O–H groups in total. The summed E-state index contributed by atoms with van der Waals surface area (Å²) in [6.07, 6.45) is 2.31. The molecule has 19 heavy (non-hydrogen) atoms. The molecule has 98 valence electrons. The molecule has 1 saturated carbocycles. The summed E-state index contributed by atoms with van der Waals surface area (Å²) in [5, 5.41) is 20.1. The lowest BCUT2D eigenvalue weighted by Crippen LogP contribution is -2.11. The third-order valence-electron chi connectivity index (χ3n) is 3.04. The maximum Gasteiger partial charge on any atom is 0.214 e. The number of hydrogen-bond acceptors (Lipinski definition) is 5. The molecule has 2 aromatic rings. The lowest BCUT2D eigenvalue weighted by molar-refractivity contribution is 0.565. The Morgan fingerprint density at radius 2 is 2.26 bits per heavy atom. The number of benzene rings is 1. The number of hydrogen-bond donors (Lipinski definition) is 2. The van der Waals surface area contributed by atoms with Crippen LogP contribution in [0.3, 0.4) is 0 Å². The van der Waals surface area contributed by atoms with Crippen molar-refractivity contribution < 1.29 is 0 Å². The van der Waals surface area contributed by atoms with Crippen LogP contribution in [0.15, 0.2) is 28.3 Å². The van der Waals surface area contributed by atoms with Crippen LogP contribution in [-0.4, -0.2) is 26.0 Å². The summed E-state index contributed by atoms with van der Waals surface area (Å²) >= 11 is 1.55. The highest BCUT2D eigenvalue weighted by atomic mass is 32.2. The topological polar surface area (TPSA) is 93.5 Å². The Hall–Kier alpha value is -1.89. The van der Waals surface area contributed by atoms with Gasteiger partial charge in [0, 0.05) is 10.5 Å². The second-order valence-corrected chi connectivity index (χ2v) is 5.64. The monoisotopic (exact) mass is 274 g/mol. The minimum Gasteiger partial charge on any atom is -0.384 e. The highest BCUT2D eigenvalue weighted by molar-refractivity contribution is 7.99. The van der Waals surface area contributed by atoms with Crippen LogP contribution in [0.5, 0.6) is 0 Å². The molecule has 0 bridgehead atoms. The van der Waals surface area contributed by atoms with Crippen molar-refractivity contribution >= 4 is 17.6 Å². The Morgan fingerprint density at radius 1 is 1.47 bits per heavy atom. The fourth-order valence-electron chi connectivity index (χ4n) is 1.83. The van der Waals surface area contributed by atoms with Crippen molar-refractivity contribution in [2.24, 2.45) is 5.73 Å². The maximum absolute atomic E-state index is 7.43. The second-order valence-electron chi connectivity index (χ2n) is 4.63. The summed E-state index contributed by atoms with van der Waals surface area (Å²) in [6.45, 7) is 2.00. The third kappa shape index (κ3) is 2.46. The van der Waals surface area contributed by atoms with Crippen LogP contribution in [0, 0.1) is 12.3 Å². The third-order valence-corrected chi connectivity index (χ3v) is 4.17. The first-order chi connectivity index (χ1) is 9.15. The maximum atomic E-state index is 7.43. The van der Waals surface area contributed by atoms with Gasteiger partial charge in [-0.2, -0.15) is 0 Å². The number of aromatic nitrogens is 4. The van der Waals surface area contributed by atoms with E-state index in [0.29, 0.717) is 6.04 Å². The Balaban J connectivity index is 1.86. The average molecular weight is 274 g/mol. The summed E-state index contributed by atoms with van der Waals surface area (Å²) in [7, 11) is 0. The zero-order valence-corrected chi connectivity index (χ0v) is 11.3. The minimum atomic E-state index is 0.0856. The zero-order valence-electron chi connectivity index (χ0n) is 10.5. The highest BCUT2D eigenvalue weighted by Crippen LogP contribution is 2.38. The molecule has 0 amide bonds. The largest absolute Gasteiger partial charge is 0.384 e. The molecule has 3 rings (SSSR count). The van der Waals surface area contributed by atoms with Crippen LogP contribution < -0.4 is 5.73 Å². The van der Waals surface area contributed by atoms with Crippen LogP contribution in [0.25, 0.3) is 0 Å². The van der Waals surface area contributed by atoms with E-state index in [2.05, 4.69) is 15.5 Å². The number of tetrazole rings is 1. The fraction of sp³-hybridized carbons (Fsp3) is 0.333. The molecule has 0 radical (unpaired) electrons. The number of aryl methyl sites for hydroxylation is 1. The van der Waals surface area contributed by atoms with E-state index in [9.17, 15) is 0 Å². The predicted octanol–water partition coefficient (Wildman–Crippen LogP) is 1.75. The quantitative estimate of drug-likeness (QED) is 0.654. The standard InChI is InChI=1S/C12H14N6S/c1-7-6-8(11(13)14)2-5-10(7)19-12-15-16-17-18(12)9-3-4-9/h2,5-6,9H,3-4H2,1H3,(H3,13,14). The Bertz CT molecular complexity index is 631. The van der Waals surface area contributed by atoms with Crippen molar-refractivity contribution in [2.75, 3.05) is 0 Å². The van der Waals surface area contributed by atoms with Crippen molar-refractivity contribution in [3.8, 4) is 0 Å². The van der Waals surface area contributed by atoms with Gasteiger partial charge in [-0.1, -0.05) is 6.07 Å². The van der Waals surface area contributed by atoms with Gasteiger partial charge in [0.25, 0.3) is 0 Å². The van der Waals surface area contributed by atoms with Gasteiger partial charge in [0.2, 0.25) is 5.16 Å². The summed E-state index contributed by atoms with van der Waals surface area (Å²) in [5.41, 5.74) is 7.29. The molecule has 0 unspecified atom stereocenters. The summed E-state index contributed by atoms with van der Waals surface area (Å²) < 4.78 is 1.89. The van der Waals surface area contributed by atoms with Gasteiger partial charge < -0.3 is 5.73 Å². The predicted molar refractivity (Wildman–Crippen MR) is 72.4 cm³/mol. The van der Waals surface area contributed by atoms with E-state index in [-0.39, 0.29) is 5.84 Å². The molecule has 1 fully saturated rings. The van der Waals surface area contributed by atoms with Crippen molar-refractivity contribution in [2.45, 2.75) is 35.9 Å². The first-order valence-electron chi connectivity index (χ1n) is 6.06. The lowest BCUT2D eigenvalue weighted by atomic mass is 10.1. The first kappa shape index (κ1) is 12.2. The van der Waals surface area contributed by atoms with Crippen molar-refractivity contribution in [3.05, 3.63) is 29.3 Å². The van der Waals surface area contributed by atoms with Crippen LogP contribution in [0.4, 0.5) is 0 Å². The van der Waals surface area contributed by atoms with Crippen LogP contribution in [0.1, 0.15) is 30.0 Å². The van der Waals surface area contributed by atoms with E-state index < -0.39 is 0 Å². The molecule has 1 aliphatic carbocycles. The van der Waals surface area contributed by atoms with E-state index in [4.69, 9.17) is 11.1 Å². The SMILES string of the molecule is Cc1cc(C(=N)N)ccc1Sc1nnnn1C1CC1. The van der Waals surface area contributed by atoms with E-state index in [0.717, 1.165) is 34.0 Å². The Kier molecular flexibility index (Phi) is 2.98. The van der Waals surface area contributed by atoms with Crippen molar-refractivity contribution in [1.29, 1.82) is 5.41 Å². The normalized spacial score (nSPS) is 14.6. The van der Waals surface area contributed by atoms with Gasteiger partial charge in [-0.3, -0.25) is 5.41 Å². The summed E-state index contributed by atoms with van der Waals surface area (Å²) in [4.78, 5) is 1.08. The molecule has 1 aliphatic rings. The number of amidine groups is 1. The minimum absolute atomic E-state index is 0.0856. The van der Waals surface area contributed by atoms with Gasteiger partial charge in [-0.25, -0.2) is 4.68 Å². The van der Waals surface area contributed by atoms with Gasteiger partial charge >= 0.3 is 0 Å². The zero-order chi connectivity index (χ0) is 13.4. The fourth-order valence-corrected chi connectivity index (χ4v) is 2.74. The molecular weight excluding hydrogens is 260 g/mol. The van der Waals surface area contributed by atoms with Gasteiger partial charge in [-0.15, -0.1) is 5.10 Å². The Morgan fingerprint density at radius 3 is 2.89 bits per heavy atom. The molecule has 7 heteroatoms.